The lowest BCUT2D eigenvalue weighted by Crippen LogP contribution is -2.09. The summed E-state index contributed by atoms with van der Waals surface area (Å²) in [6.07, 6.45) is 4.41. The van der Waals surface area contributed by atoms with E-state index in [1.54, 1.807) is 28.9 Å². The number of aliphatic hydroxyl groups is 1. The van der Waals surface area contributed by atoms with Crippen LogP contribution < -0.4 is 4.74 Å². The zero-order valence-corrected chi connectivity index (χ0v) is 19.6. The molecular formula is C27H22FN5O4. The lowest BCUT2D eigenvalue weighted by molar-refractivity contribution is 0.0695. The van der Waals surface area contributed by atoms with Crippen molar-refractivity contribution in [3.63, 3.8) is 0 Å². The number of aliphatic hydroxyl groups excluding tert-OH is 1. The Bertz CT molecular complexity index is 1590. The van der Waals surface area contributed by atoms with E-state index < -0.39 is 5.97 Å². The van der Waals surface area contributed by atoms with Crippen molar-refractivity contribution < 1.29 is 24.1 Å². The molecule has 9 nitrogen and oxygen atoms in total. The lowest BCUT2D eigenvalue weighted by atomic mass is 10.0. The van der Waals surface area contributed by atoms with Crippen molar-refractivity contribution in [2.75, 3.05) is 13.2 Å². The van der Waals surface area contributed by atoms with Gasteiger partial charge in [-0.05, 0) is 23.8 Å². The minimum absolute atomic E-state index is 0.0258. The number of para-hydroxylation sites is 1. The molecule has 5 aromatic rings. The summed E-state index contributed by atoms with van der Waals surface area (Å²) < 4.78 is 21.7. The lowest BCUT2D eigenvalue weighted by Gasteiger charge is -2.12. The fourth-order valence-corrected chi connectivity index (χ4v) is 4.07. The number of carboxylic acids is 1. The molecule has 0 amide bonds. The largest absolute Gasteiger partial charge is 0.488 e. The maximum Gasteiger partial charge on any atom is 0.337 e. The Kier molecular flexibility index (Phi) is 6.82. The van der Waals surface area contributed by atoms with Gasteiger partial charge in [0, 0.05) is 29.8 Å². The van der Waals surface area contributed by atoms with Crippen molar-refractivity contribution in [2.45, 2.75) is 13.0 Å². The maximum absolute atomic E-state index is 14.4. The first-order valence-corrected chi connectivity index (χ1v) is 11.5. The van der Waals surface area contributed by atoms with Crippen LogP contribution in [0.3, 0.4) is 0 Å². The molecule has 2 aromatic carbocycles. The Morgan fingerprint density at radius 1 is 1.03 bits per heavy atom. The third-order valence-corrected chi connectivity index (χ3v) is 5.83. The summed E-state index contributed by atoms with van der Waals surface area (Å²) in [7, 11) is 0. The predicted octanol–water partition coefficient (Wildman–Crippen LogP) is 3.74. The van der Waals surface area contributed by atoms with Crippen molar-refractivity contribution in [3.8, 4) is 17.3 Å². The van der Waals surface area contributed by atoms with E-state index in [2.05, 4.69) is 9.97 Å². The number of ether oxygens (including phenoxy) is 1. The molecule has 0 aliphatic carbocycles. The van der Waals surface area contributed by atoms with Crippen molar-refractivity contribution >= 4 is 16.9 Å². The highest BCUT2D eigenvalue weighted by Gasteiger charge is 2.19. The summed E-state index contributed by atoms with van der Waals surface area (Å²) >= 11 is 0. The number of hydrogen-bond donors (Lipinski definition) is 2. The third kappa shape index (κ3) is 5.00. The number of hydrogen-bond acceptors (Lipinski definition) is 7. The highest BCUT2D eigenvalue weighted by atomic mass is 19.1. The molecule has 5 rings (SSSR count). The smallest absolute Gasteiger partial charge is 0.337 e. The molecule has 0 fully saturated rings. The second kappa shape index (κ2) is 10.5. The number of fused-ring (bicyclic) bond motifs is 1. The van der Waals surface area contributed by atoms with Crippen LogP contribution in [0, 0.1) is 5.82 Å². The summed E-state index contributed by atoms with van der Waals surface area (Å²) in [5, 5.41) is 24.3. The normalized spacial score (nSPS) is 11.1. The number of aromatic nitrogens is 5. The molecule has 3 aromatic heterocycles. The second-order valence-corrected chi connectivity index (χ2v) is 8.21. The van der Waals surface area contributed by atoms with E-state index in [0.717, 1.165) is 10.9 Å². The van der Waals surface area contributed by atoms with Gasteiger partial charge in [0.15, 0.2) is 11.6 Å². The highest BCUT2D eigenvalue weighted by Crippen LogP contribution is 2.29. The van der Waals surface area contributed by atoms with Crippen molar-refractivity contribution in [3.05, 3.63) is 101 Å². The quantitative estimate of drug-likeness (QED) is 0.314. The molecule has 186 valence electrons. The van der Waals surface area contributed by atoms with Crippen LogP contribution in [-0.4, -0.2) is 54.1 Å². The second-order valence-electron chi connectivity index (χ2n) is 8.21. The van der Waals surface area contributed by atoms with Crippen LogP contribution in [0.5, 0.6) is 5.75 Å². The topological polar surface area (TPSA) is 123 Å². The van der Waals surface area contributed by atoms with Gasteiger partial charge in [0.1, 0.15) is 18.1 Å². The van der Waals surface area contributed by atoms with E-state index in [0.29, 0.717) is 34.1 Å². The summed E-state index contributed by atoms with van der Waals surface area (Å²) in [4.78, 5) is 24.8. The van der Waals surface area contributed by atoms with Crippen LogP contribution in [0.15, 0.2) is 73.2 Å². The Morgan fingerprint density at radius 3 is 2.65 bits per heavy atom. The van der Waals surface area contributed by atoms with E-state index in [-0.39, 0.29) is 37.6 Å². The Labute approximate surface area is 210 Å². The molecule has 0 aliphatic heterocycles. The standard InChI is InChI=1S/C27H22FN5O4/c28-21-7-3-1-5-18(21)16-33-23-8-4-2-6-19(23)25(32-33)26-30-15-24(37-12-11-34)22(31-26)13-17-9-10-29-14-20(17)27(35)36/h1-10,14-15,34H,11-13,16H2,(H,35,36). The molecule has 2 N–H and O–H groups in total. The fraction of sp³-hybridized carbons (Fsp3) is 0.148. The number of pyridine rings is 1. The van der Waals surface area contributed by atoms with Crippen LogP contribution in [0.2, 0.25) is 0 Å². The molecule has 10 heteroatoms. The van der Waals surface area contributed by atoms with E-state index in [9.17, 15) is 19.4 Å². The summed E-state index contributed by atoms with van der Waals surface area (Å²) in [5.41, 5.74) is 2.76. The molecule has 0 aliphatic rings. The van der Waals surface area contributed by atoms with Crippen molar-refractivity contribution in [1.29, 1.82) is 0 Å². The first kappa shape index (κ1) is 24.0. The highest BCUT2D eigenvalue weighted by molar-refractivity contribution is 5.92. The molecule has 37 heavy (non-hydrogen) atoms. The average molecular weight is 500 g/mol. The first-order valence-electron chi connectivity index (χ1n) is 11.5. The molecule has 0 spiro atoms. The minimum Gasteiger partial charge on any atom is -0.488 e. The van der Waals surface area contributed by atoms with Gasteiger partial charge >= 0.3 is 5.97 Å². The SMILES string of the molecule is O=C(O)c1cnccc1Cc1nc(-c2nn(Cc3ccccc3F)c3ccccc23)ncc1OCCO. The minimum atomic E-state index is -1.10. The first-order chi connectivity index (χ1) is 18.0. The number of nitrogens with zero attached hydrogens (tertiary/aromatic N) is 5. The van der Waals surface area contributed by atoms with Gasteiger partial charge in [-0.1, -0.05) is 36.4 Å². The van der Waals surface area contributed by atoms with E-state index in [4.69, 9.17) is 14.8 Å². The monoisotopic (exact) mass is 499 g/mol. The van der Waals surface area contributed by atoms with Crippen LogP contribution in [-0.2, 0) is 13.0 Å². The van der Waals surface area contributed by atoms with Gasteiger partial charge in [-0.2, -0.15) is 5.10 Å². The summed E-state index contributed by atoms with van der Waals surface area (Å²) in [5.74, 6) is -0.797. The van der Waals surface area contributed by atoms with Crippen LogP contribution in [0.1, 0.15) is 27.2 Å². The molecular weight excluding hydrogens is 477 g/mol. The molecule has 0 bridgehead atoms. The molecule has 3 heterocycles. The van der Waals surface area contributed by atoms with Crippen molar-refractivity contribution in [1.82, 2.24) is 24.7 Å². The Morgan fingerprint density at radius 2 is 1.84 bits per heavy atom. The van der Waals surface area contributed by atoms with E-state index in [1.807, 2.05) is 24.3 Å². The van der Waals surface area contributed by atoms with Gasteiger partial charge in [0.2, 0.25) is 0 Å². The predicted molar refractivity (Wildman–Crippen MR) is 133 cm³/mol. The Balaban J connectivity index is 1.59. The zero-order valence-electron chi connectivity index (χ0n) is 19.6. The van der Waals surface area contributed by atoms with Crippen LogP contribution in [0.25, 0.3) is 22.4 Å². The maximum atomic E-state index is 14.4. The summed E-state index contributed by atoms with van der Waals surface area (Å²) in [6, 6.07) is 15.7. The van der Waals surface area contributed by atoms with E-state index >= 15 is 0 Å². The fourth-order valence-electron chi connectivity index (χ4n) is 4.07. The third-order valence-electron chi connectivity index (χ3n) is 5.83. The average Bonchev–Trinajstić information content (AvgIpc) is 3.28. The van der Waals surface area contributed by atoms with E-state index in [1.165, 1.54) is 24.7 Å². The zero-order chi connectivity index (χ0) is 25.8. The van der Waals surface area contributed by atoms with Crippen molar-refractivity contribution in [2.24, 2.45) is 0 Å². The van der Waals surface area contributed by atoms with Gasteiger partial charge in [-0.15, -0.1) is 0 Å². The molecule has 0 atom stereocenters. The van der Waals surface area contributed by atoms with Crippen LogP contribution in [0.4, 0.5) is 4.39 Å². The van der Waals surface area contributed by atoms with Gasteiger partial charge in [0.25, 0.3) is 0 Å². The van der Waals surface area contributed by atoms with Gasteiger partial charge in [-0.25, -0.2) is 19.2 Å². The van der Waals surface area contributed by atoms with Crippen LogP contribution >= 0.6 is 0 Å². The van der Waals surface area contributed by atoms with Gasteiger partial charge < -0.3 is 14.9 Å². The molecule has 0 saturated carbocycles. The molecule has 0 saturated heterocycles. The number of carbonyl (C=O) groups is 1. The number of benzene rings is 2. The van der Waals surface area contributed by atoms with Gasteiger partial charge in [-0.3, -0.25) is 9.67 Å². The molecule has 0 radical (unpaired) electrons. The number of halogens is 1. The number of aromatic carboxylic acids is 1. The number of rotatable bonds is 9. The number of carboxylic acid groups (broad SMARTS) is 1. The van der Waals surface area contributed by atoms with Gasteiger partial charge in [0.05, 0.1) is 36.1 Å². The Hall–Kier alpha value is -4.70. The molecule has 0 unspecified atom stereocenters. The summed E-state index contributed by atoms with van der Waals surface area (Å²) in [6.45, 7) is 0.0384.